The van der Waals surface area contributed by atoms with Gasteiger partial charge < -0.3 is 14.0 Å². The molecule has 2 atom stereocenters. The standard InChI is InChI=1S/C31H26Cl3NO3/c1-17(36-2)19-5-3-6-20(13-19)23-15-24(23)22-12-11-21(14-28(22)34)37-16-25-30(35-38-31(25)18-9-10-18)29-26(32)7-4-8-27(29)33/h3-8,11-14,18,23-24H,1,9-10,15-16H2,2H3. The van der Waals surface area contributed by atoms with Crippen molar-refractivity contribution in [2.45, 2.75) is 43.6 Å². The predicted molar refractivity (Wildman–Crippen MR) is 152 cm³/mol. The zero-order valence-corrected chi connectivity index (χ0v) is 23.1. The second-order valence-electron chi connectivity index (χ2n) is 9.92. The van der Waals surface area contributed by atoms with Gasteiger partial charge in [-0.15, -0.1) is 0 Å². The van der Waals surface area contributed by atoms with E-state index in [9.17, 15) is 0 Å². The van der Waals surface area contributed by atoms with Gasteiger partial charge in [-0.1, -0.05) is 76.9 Å². The predicted octanol–water partition coefficient (Wildman–Crippen LogP) is 9.65. The van der Waals surface area contributed by atoms with Crippen molar-refractivity contribution >= 4 is 40.6 Å². The summed E-state index contributed by atoms with van der Waals surface area (Å²) in [5.74, 6) is 3.35. The number of methoxy groups -OCH3 is 1. The van der Waals surface area contributed by atoms with E-state index in [1.165, 1.54) is 5.56 Å². The first kappa shape index (κ1) is 25.4. The molecule has 0 amide bonds. The minimum absolute atomic E-state index is 0.282. The number of ether oxygens (including phenoxy) is 2. The molecule has 0 bridgehead atoms. The minimum Gasteiger partial charge on any atom is -0.497 e. The summed E-state index contributed by atoms with van der Waals surface area (Å²) in [5, 5.41) is 6.10. The van der Waals surface area contributed by atoms with E-state index in [1.54, 1.807) is 19.2 Å². The van der Waals surface area contributed by atoms with Gasteiger partial charge in [0.1, 0.15) is 29.6 Å². The molecule has 7 heteroatoms. The van der Waals surface area contributed by atoms with E-state index >= 15 is 0 Å². The average molecular weight is 567 g/mol. The van der Waals surface area contributed by atoms with Gasteiger partial charge in [-0.05, 0) is 72.6 Å². The summed E-state index contributed by atoms with van der Waals surface area (Å²) in [6.07, 6.45) is 3.20. The van der Waals surface area contributed by atoms with Crippen LogP contribution in [0.15, 0.2) is 71.8 Å². The maximum Gasteiger partial charge on any atom is 0.147 e. The highest BCUT2D eigenvalue weighted by atomic mass is 35.5. The molecule has 0 saturated heterocycles. The van der Waals surface area contributed by atoms with E-state index in [2.05, 4.69) is 29.9 Å². The Morgan fingerprint density at radius 1 is 0.974 bits per heavy atom. The molecule has 2 fully saturated rings. The molecule has 4 aromatic rings. The lowest BCUT2D eigenvalue weighted by atomic mass is 10.0. The molecule has 2 aliphatic carbocycles. The summed E-state index contributed by atoms with van der Waals surface area (Å²) in [6, 6.07) is 19.7. The van der Waals surface area contributed by atoms with E-state index in [-0.39, 0.29) is 6.61 Å². The van der Waals surface area contributed by atoms with Gasteiger partial charge in [-0.2, -0.15) is 0 Å². The molecule has 1 aromatic heterocycles. The Balaban J connectivity index is 1.20. The van der Waals surface area contributed by atoms with E-state index in [0.29, 0.717) is 55.6 Å². The van der Waals surface area contributed by atoms with E-state index in [0.717, 1.165) is 41.7 Å². The van der Waals surface area contributed by atoms with E-state index in [4.69, 9.17) is 48.8 Å². The van der Waals surface area contributed by atoms with E-state index in [1.807, 2.05) is 30.3 Å². The highest BCUT2D eigenvalue weighted by Gasteiger charge is 2.41. The SMILES string of the molecule is C=C(OC)c1cccc(C2CC2c2ccc(OCc3c(-c4c(Cl)cccc4Cl)noc3C3CC3)cc2Cl)c1. The zero-order valence-electron chi connectivity index (χ0n) is 20.8. The Morgan fingerprint density at radius 2 is 1.74 bits per heavy atom. The third-order valence-electron chi connectivity index (χ3n) is 7.39. The van der Waals surface area contributed by atoms with Crippen LogP contribution >= 0.6 is 34.8 Å². The molecule has 0 radical (unpaired) electrons. The number of halogens is 3. The first-order valence-corrected chi connectivity index (χ1v) is 13.8. The molecule has 3 aromatic carbocycles. The van der Waals surface area contributed by atoms with Gasteiger partial charge in [0.15, 0.2) is 0 Å². The molecule has 6 rings (SSSR count). The van der Waals surface area contributed by atoms with Gasteiger partial charge in [0.05, 0.1) is 22.7 Å². The molecular weight excluding hydrogens is 541 g/mol. The molecule has 0 spiro atoms. The fraction of sp³-hybridized carbons (Fsp3) is 0.258. The molecule has 2 unspecified atom stereocenters. The quantitative estimate of drug-likeness (QED) is 0.189. The Bertz CT molecular complexity index is 1500. The molecular formula is C31H26Cl3NO3. The van der Waals surface area contributed by atoms with Crippen LogP contribution < -0.4 is 4.74 Å². The second kappa shape index (κ2) is 10.3. The van der Waals surface area contributed by atoms with Crippen LogP contribution in [-0.2, 0) is 11.3 Å². The Hall–Kier alpha value is -2.92. The molecule has 38 heavy (non-hydrogen) atoms. The van der Waals surface area contributed by atoms with Crippen LogP contribution in [0.25, 0.3) is 17.0 Å². The lowest BCUT2D eigenvalue weighted by Crippen LogP contribution is -2.00. The van der Waals surface area contributed by atoms with Crippen molar-refractivity contribution in [2.75, 3.05) is 7.11 Å². The topological polar surface area (TPSA) is 44.5 Å². The van der Waals surface area contributed by atoms with Crippen molar-refractivity contribution in [3.05, 3.63) is 110 Å². The summed E-state index contributed by atoms with van der Waals surface area (Å²) in [4.78, 5) is 0. The Morgan fingerprint density at radius 3 is 2.45 bits per heavy atom. The van der Waals surface area contributed by atoms with Crippen molar-refractivity contribution in [3.63, 3.8) is 0 Å². The molecule has 2 saturated carbocycles. The van der Waals surface area contributed by atoms with Crippen LogP contribution in [0, 0.1) is 0 Å². The lowest BCUT2D eigenvalue weighted by molar-refractivity contribution is 0.300. The molecule has 0 N–H and O–H groups in total. The van der Waals surface area contributed by atoms with Gasteiger partial charge >= 0.3 is 0 Å². The Kier molecular flexibility index (Phi) is 6.90. The van der Waals surface area contributed by atoms with Gasteiger partial charge in [0.25, 0.3) is 0 Å². The first-order valence-electron chi connectivity index (χ1n) is 12.6. The second-order valence-corrected chi connectivity index (χ2v) is 11.1. The summed E-state index contributed by atoms with van der Waals surface area (Å²) >= 11 is 19.7. The molecule has 194 valence electrons. The Labute approximate surface area is 237 Å². The van der Waals surface area contributed by atoms with Crippen molar-refractivity contribution in [1.82, 2.24) is 5.16 Å². The summed E-state index contributed by atoms with van der Waals surface area (Å²) < 4.78 is 17.3. The summed E-state index contributed by atoms with van der Waals surface area (Å²) in [7, 11) is 1.64. The average Bonchev–Trinajstić information content (AvgIpc) is 3.85. The number of benzene rings is 3. The van der Waals surface area contributed by atoms with Crippen molar-refractivity contribution in [1.29, 1.82) is 0 Å². The number of hydrogen-bond acceptors (Lipinski definition) is 4. The molecule has 0 aliphatic heterocycles. The third kappa shape index (κ3) is 4.93. The highest BCUT2D eigenvalue weighted by Crippen LogP contribution is 2.56. The van der Waals surface area contributed by atoms with Crippen molar-refractivity contribution < 1.29 is 14.0 Å². The van der Waals surface area contributed by atoms with Crippen LogP contribution in [0.2, 0.25) is 15.1 Å². The van der Waals surface area contributed by atoms with Gasteiger partial charge in [-0.3, -0.25) is 0 Å². The normalized spacial score (nSPS) is 18.3. The van der Waals surface area contributed by atoms with Crippen LogP contribution in [0.4, 0.5) is 0 Å². The fourth-order valence-corrected chi connectivity index (χ4v) is 5.96. The van der Waals surface area contributed by atoms with Gasteiger partial charge in [-0.25, -0.2) is 0 Å². The smallest absolute Gasteiger partial charge is 0.147 e. The third-order valence-corrected chi connectivity index (χ3v) is 8.35. The molecule has 4 nitrogen and oxygen atoms in total. The monoisotopic (exact) mass is 565 g/mol. The van der Waals surface area contributed by atoms with Crippen molar-refractivity contribution in [2.24, 2.45) is 0 Å². The fourth-order valence-electron chi connectivity index (χ4n) is 5.07. The van der Waals surface area contributed by atoms with Gasteiger partial charge in [0.2, 0.25) is 0 Å². The number of nitrogens with zero attached hydrogens (tertiary/aromatic N) is 1. The number of hydrogen-bond donors (Lipinski definition) is 0. The number of rotatable bonds is 9. The minimum atomic E-state index is 0.282. The molecule has 1 heterocycles. The van der Waals surface area contributed by atoms with Gasteiger partial charge in [0, 0.05) is 22.1 Å². The number of aromatic nitrogens is 1. The largest absolute Gasteiger partial charge is 0.497 e. The van der Waals surface area contributed by atoms with Crippen LogP contribution in [0.5, 0.6) is 5.75 Å². The van der Waals surface area contributed by atoms with Crippen LogP contribution in [0.3, 0.4) is 0 Å². The zero-order chi connectivity index (χ0) is 26.4. The highest BCUT2D eigenvalue weighted by molar-refractivity contribution is 6.39. The molecule has 2 aliphatic rings. The van der Waals surface area contributed by atoms with E-state index < -0.39 is 0 Å². The first-order chi connectivity index (χ1) is 18.4. The van der Waals surface area contributed by atoms with Crippen molar-refractivity contribution in [3.8, 4) is 17.0 Å². The summed E-state index contributed by atoms with van der Waals surface area (Å²) in [6.45, 7) is 4.25. The summed E-state index contributed by atoms with van der Waals surface area (Å²) in [5.41, 5.74) is 5.57. The van der Waals surface area contributed by atoms with Crippen LogP contribution in [-0.4, -0.2) is 12.3 Å². The maximum absolute atomic E-state index is 6.76. The van der Waals surface area contributed by atoms with Crippen LogP contribution in [0.1, 0.15) is 65.0 Å². The lowest BCUT2D eigenvalue weighted by Gasteiger charge is -2.11. The maximum atomic E-state index is 6.76.